The SMILES string of the molecule is CCCn1c(SCc2ccc(C(F)(F)F)cc2)n[nH]c1=O. The summed E-state index contributed by atoms with van der Waals surface area (Å²) in [6.45, 7) is 2.51. The predicted molar refractivity (Wildman–Crippen MR) is 74.1 cm³/mol. The number of rotatable bonds is 5. The van der Waals surface area contributed by atoms with Crippen molar-refractivity contribution in [2.45, 2.75) is 37.0 Å². The molecule has 21 heavy (non-hydrogen) atoms. The van der Waals surface area contributed by atoms with Crippen molar-refractivity contribution in [3.05, 3.63) is 45.9 Å². The Morgan fingerprint density at radius 3 is 2.52 bits per heavy atom. The summed E-state index contributed by atoms with van der Waals surface area (Å²) in [5.41, 5.74) is -0.197. The Kier molecular flexibility index (Phi) is 4.76. The lowest BCUT2D eigenvalue weighted by Gasteiger charge is -2.07. The van der Waals surface area contributed by atoms with Crippen LogP contribution in [0.15, 0.2) is 34.2 Å². The van der Waals surface area contributed by atoms with E-state index in [1.165, 1.54) is 28.5 Å². The van der Waals surface area contributed by atoms with E-state index in [1.54, 1.807) is 0 Å². The summed E-state index contributed by atoms with van der Waals surface area (Å²) in [7, 11) is 0. The molecule has 0 saturated heterocycles. The monoisotopic (exact) mass is 317 g/mol. The number of nitrogens with one attached hydrogen (secondary N) is 1. The van der Waals surface area contributed by atoms with E-state index >= 15 is 0 Å². The Hall–Kier alpha value is -1.70. The van der Waals surface area contributed by atoms with Crippen molar-refractivity contribution in [3.63, 3.8) is 0 Å². The molecule has 0 radical (unpaired) electrons. The van der Waals surface area contributed by atoms with Crippen LogP contribution in [0.25, 0.3) is 0 Å². The molecule has 4 nitrogen and oxygen atoms in total. The molecular formula is C13H14F3N3OS. The molecule has 0 bridgehead atoms. The highest BCUT2D eigenvalue weighted by atomic mass is 32.2. The number of alkyl halides is 3. The van der Waals surface area contributed by atoms with Gasteiger partial charge < -0.3 is 0 Å². The van der Waals surface area contributed by atoms with Crippen LogP contribution in [-0.2, 0) is 18.5 Å². The highest BCUT2D eigenvalue weighted by Crippen LogP contribution is 2.30. The van der Waals surface area contributed by atoms with E-state index in [2.05, 4.69) is 10.2 Å². The maximum atomic E-state index is 12.5. The average Bonchev–Trinajstić information content (AvgIpc) is 2.78. The molecule has 0 saturated carbocycles. The number of H-pyrrole nitrogens is 1. The topological polar surface area (TPSA) is 50.7 Å². The molecule has 1 aromatic carbocycles. The second kappa shape index (κ2) is 6.38. The fraction of sp³-hybridized carbons (Fsp3) is 0.385. The minimum atomic E-state index is -4.32. The summed E-state index contributed by atoms with van der Waals surface area (Å²) in [6.07, 6.45) is -3.53. The fourth-order valence-electron chi connectivity index (χ4n) is 1.77. The molecule has 1 aromatic heterocycles. The van der Waals surface area contributed by atoms with Crippen LogP contribution in [0.5, 0.6) is 0 Å². The molecule has 1 N–H and O–H groups in total. The third kappa shape index (κ3) is 3.90. The molecule has 0 amide bonds. The van der Waals surface area contributed by atoms with Crippen LogP contribution >= 0.6 is 11.8 Å². The van der Waals surface area contributed by atoms with Crippen molar-refractivity contribution in [3.8, 4) is 0 Å². The standard InChI is InChI=1S/C13H14F3N3OS/c1-2-7-19-11(20)17-18-12(19)21-8-9-3-5-10(6-4-9)13(14,15)16/h3-6H,2,7-8H2,1H3,(H,17,20). The normalized spacial score (nSPS) is 11.8. The van der Waals surface area contributed by atoms with Crippen LogP contribution in [0.1, 0.15) is 24.5 Å². The second-order valence-corrected chi connectivity index (χ2v) is 5.39. The van der Waals surface area contributed by atoms with E-state index in [0.29, 0.717) is 17.5 Å². The maximum Gasteiger partial charge on any atom is 0.416 e. The minimum absolute atomic E-state index is 0.272. The smallest absolute Gasteiger partial charge is 0.270 e. The molecule has 0 spiro atoms. The third-order valence-electron chi connectivity index (χ3n) is 2.82. The van der Waals surface area contributed by atoms with E-state index in [1.807, 2.05) is 6.92 Å². The van der Waals surface area contributed by atoms with Crippen molar-refractivity contribution >= 4 is 11.8 Å². The second-order valence-electron chi connectivity index (χ2n) is 4.45. The zero-order valence-corrected chi connectivity index (χ0v) is 12.1. The van der Waals surface area contributed by atoms with Crippen molar-refractivity contribution in [1.29, 1.82) is 0 Å². The summed E-state index contributed by atoms with van der Waals surface area (Å²) in [5.74, 6) is 0.451. The van der Waals surface area contributed by atoms with Crippen LogP contribution in [0.3, 0.4) is 0 Å². The lowest BCUT2D eigenvalue weighted by Crippen LogP contribution is -2.17. The van der Waals surface area contributed by atoms with Crippen molar-refractivity contribution in [2.24, 2.45) is 0 Å². The molecule has 0 atom stereocenters. The number of hydrogen-bond acceptors (Lipinski definition) is 3. The molecule has 2 aromatic rings. The van der Waals surface area contributed by atoms with Crippen LogP contribution in [0.2, 0.25) is 0 Å². The maximum absolute atomic E-state index is 12.5. The van der Waals surface area contributed by atoms with Gasteiger partial charge in [0, 0.05) is 12.3 Å². The van der Waals surface area contributed by atoms with E-state index in [9.17, 15) is 18.0 Å². The van der Waals surface area contributed by atoms with Crippen LogP contribution in [-0.4, -0.2) is 14.8 Å². The van der Waals surface area contributed by atoms with Gasteiger partial charge >= 0.3 is 11.9 Å². The minimum Gasteiger partial charge on any atom is -0.270 e. The Morgan fingerprint density at radius 2 is 1.95 bits per heavy atom. The summed E-state index contributed by atoms with van der Waals surface area (Å²) in [5, 5.41) is 6.83. The number of nitrogens with zero attached hydrogens (tertiary/aromatic N) is 2. The first-order valence-electron chi connectivity index (χ1n) is 6.36. The lowest BCUT2D eigenvalue weighted by atomic mass is 10.1. The highest BCUT2D eigenvalue weighted by molar-refractivity contribution is 7.98. The number of halogens is 3. The molecule has 1 heterocycles. The van der Waals surface area contributed by atoms with Gasteiger partial charge in [-0.2, -0.15) is 13.2 Å². The molecule has 114 valence electrons. The summed E-state index contributed by atoms with van der Waals surface area (Å²) in [4.78, 5) is 11.5. The zero-order chi connectivity index (χ0) is 15.5. The Balaban J connectivity index is 2.05. The van der Waals surface area contributed by atoms with Gasteiger partial charge in [-0.05, 0) is 24.1 Å². The van der Waals surface area contributed by atoms with E-state index in [0.717, 1.165) is 24.1 Å². The first-order chi connectivity index (χ1) is 9.91. The van der Waals surface area contributed by atoms with Gasteiger partial charge in [-0.3, -0.25) is 4.57 Å². The number of benzene rings is 1. The molecular weight excluding hydrogens is 303 g/mol. The number of hydrogen-bond donors (Lipinski definition) is 1. The van der Waals surface area contributed by atoms with Crippen LogP contribution in [0, 0.1) is 0 Å². The molecule has 0 unspecified atom stereocenters. The Labute approximate surface area is 123 Å². The molecule has 0 aliphatic rings. The average molecular weight is 317 g/mol. The molecule has 0 fully saturated rings. The molecule has 2 rings (SSSR count). The quantitative estimate of drug-likeness (QED) is 0.861. The third-order valence-corrected chi connectivity index (χ3v) is 3.87. The first kappa shape index (κ1) is 15.7. The van der Waals surface area contributed by atoms with Gasteiger partial charge in [-0.15, -0.1) is 5.10 Å². The summed E-state index contributed by atoms with van der Waals surface area (Å²) in [6, 6.07) is 4.98. The van der Waals surface area contributed by atoms with Crippen LogP contribution in [0.4, 0.5) is 13.2 Å². The molecule has 0 aliphatic heterocycles. The van der Waals surface area contributed by atoms with Gasteiger partial charge in [0.1, 0.15) is 0 Å². The molecule has 0 aliphatic carbocycles. The largest absolute Gasteiger partial charge is 0.416 e. The lowest BCUT2D eigenvalue weighted by molar-refractivity contribution is -0.137. The zero-order valence-electron chi connectivity index (χ0n) is 11.3. The van der Waals surface area contributed by atoms with E-state index < -0.39 is 11.7 Å². The fourth-order valence-corrected chi connectivity index (χ4v) is 2.70. The van der Waals surface area contributed by atoms with Gasteiger partial charge in [0.2, 0.25) is 0 Å². The van der Waals surface area contributed by atoms with Gasteiger partial charge in [-0.1, -0.05) is 30.8 Å². The van der Waals surface area contributed by atoms with Crippen molar-refractivity contribution in [2.75, 3.05) is 0 Å². The van der Waals surface area contributed by atoms with Crippen LogP contribution < -0.4 is 5.69 Å². The summed E-state index contributed by atoms with van der Waals surface area (Å²) >= 11 is 1.31. The Morgan fingerprint density at radius 1 is 1.29 bits per heavy atom. The van der Waals surface area contributed by atoms with Gasteiger partial charge in [0.25, 0.3) is 0 Å². The van der Waals surface area contributed by atoms with Crippen molar-refractivity contribution < 1.29 is 13.2 Å². The first-order valence-corrected chi connectivity index (χ1v) is 7.34. The van der Waals surface area contributed by atoms with Gasteiger partial charge in [0.15, 0.2) is 5.16 Å². The highest BCUT2D eigenvalue weighted by Gasteiger charge is 2.29. The summed E-state index contributed by atoms with van der Waals surface area (Å²) < 4.78 is 38.9. The Bertz CT molecular complexity index is 646. The predicted octanol–water partition coefficient (Wildman–Crippen LogP) is 3.29. The number of aromatic nitrogens is 3. The number of aromatic amines is 1. The van der Waals surface area contributed by atoms with E-state index in [4.69, 9.17) is 0 Å². The van der Waals surface area contributed by atoms with E-state index in [-0.39, 0.29) is 5.69 Å². The van der Waals surface area contributed by atoms with Gasteiger partial charge in [-0.25, -0.2) is 9.89 Å². The van der Waals surface area contributed by atoms with Gasteiger partial charge in [0.05, 0.1) is 5.56 Å². The number of thioether (sulfide) groups is 1. The molecule has 8 heteroatoms. The van der Waals surface area contributed by atoms with Crippen molar-refractivity contribution in [1.82, 2.24) is 14.8 Å².